The minimum atomic E-state index is -0.901. The molecular formula is C18H16FNO2. The molecule has 1 heterocycles. The second-order valence-electron chi connectivity index (χ2n) is 5.42. The molecule has 0 amide bonds. The van der Waals surface area contributed by atoms with E-state index in [1.54, 1.807) is 12.1 Å². The first-order valence-electron chi connectivity index (χ1n) is 7.07. The van der Waals surface area contributed by atoms with Crippen LogP contribution in [0.1, 0.15) is 23.5 Å². The first kappa shape index (κ1) is 14.3. The Morgan fingerprint density at radius 2 is 2.00 bits per heavy atom. The summed E-state index contributed by atoms with van der Waals surface area (Å²) in [6.45, 7) is 0. The van der Waals surface area contributed by atoms with E-state index in [4.69, 9.17) is 0 Å². The molecular weight excluding hydrogens is 281 g/mol. The van der Waals surface area contributed by atoms with Gasteiger partial charge in [-0.2, -0.15) is 0 Å². The van der Waals surface area contributed by atoms with Gasteiger partial charge in [0.1, 0.15) is 5.82 Å². The SMILES string of the molecule is Cn1cc([C@@H](CC(=O)O)c2cccc(F)c2)c2ccccc21. The number of carboxylic acid groups (broad SMARTS) is 1. The number of aliphatic carboxylic acids is 1. The van der Waals surface area contributed by atoms with Gasteiger partial charge in [0.2, 0.25) is 0 Å². The molecule has 1 aromatic heterocycles. The third kappa shape index (κ3) is 2.60. The molecule has 0 fully saturated rings. The normalized spacial score (nSPS) is 12.5. The molecule has 0 saturated heterocycles. The lowest BCUT2D eigenvalue weighted by molar-refractivity contribution is -0.137. The van der Waals surface area contributed by atoms with Crippen LogP contribution in [0.4, 0.5) is 4.39 Å². The fourth-order valence-corrected chi connectivity index (χ4v) is 2.96. The number of aryl methyl sites for hydroxylation is 1. The summed E-state index contributed by atoms with van der Waals surface area (Å²) in [5, 5.41) is 10.3. The monoisotopic (exact) mass is 297 g/mol. The number of benzene rings is 2. The van der Waals surface area contributed by atoms with Gasteiger partial charge >= 0.3 is 5.97 Å². The van der Waals surface area contributed by atoms with Crippen molar-refractivity contribution in [2.45, 2.75) is 12.3 Å². The molecule has 0 aliphatic carbocycles. The first-order valence-corrected chi connectivity index (χ1v) is 7.07. The van der Waals surface area contributed by atoms with Crippen molar-refractivity contribution in [2.24, 2.45) is 7.05 Å². The molecule has 0 bridgehead atoms. The highest BCUT2D eigenvalue weighted by atomic mass is 19.1. The van der Waals surface area contributed by atoms with E-state index in [1.165, 1.54) is 12.1 Å². The standard InChI is InChI=1S/C18H16FNO2/c1-20-11-16(14-7-2-3-8-17(14)20)15(10-18(21)22)12-5-4-6-13(19)9-12/h2-9,11,15H,10H2,1H3,(H,21,22)/t15-/m0/s1. The zero-order valence-corrected chi connectivity index (χ0v) is 12.2. The second-order valence-corrected chi connectivity index (χ2v) is 5.42. The highest BCUT2D eigenvalue weighted by Crippen LogP contribution is 2.34. The van der Waals surface area contributed by atoms with Crippen LogP contribution in [0.5, 0.6) is 0 Å². The van der Waals surface area contributed by atoms with Gasteiger partial charge < -0.3 is 9.67 Å². The lowest BCUT2D eigenvalue weighted by atomic mass is 9.88. The molecule has 3 nitrogen and oxygen atoms in total. The van der Waals surface area contributed by atoms with Crippen molar-refractivity contribution in [3.63, 3.8) is 0 Å². The Labute approximate surface area is 127 Å². The third-order valence-corrected chi connectivity index (χ3v) is 3.93. The van der Waals surface area contributed by atoms with E-state index in [0.717, 1.165) is 16.5 Å². The smallest absolute Gasteiger partial charge is 0.304 e. The van der Waals surface area contributed by atoms with E-state index in [0.29, 0.717) is 5.56 Å². The van der Waals surface area contributed by atoms with E-state index < -0.39 is 5.97 Å². The Bertz CT molecular complexity index is 838. The summed E-state index contributed by atoms with van der Waals surface area (Å²) in [6, 6.07) is 14.0. The van der Waals surface area contributed by atoms with Crippen LogP contribution >= 0.6 is 0 Å². The predicted octanol–water partition coefficient (Wildman–Crippen LogP) is 3.92. The summed E-state index contributed by atoms with van der Waals surface area (Å²) in [5.74, 6) is -1.63. The fourth-order valence-electron chi connectivity index (χ4n) is 2.96. The minimum absolute atomic E-state index is 0.0720. The van der Waals surface area contributed by atoms with Crippen LogP contribution in [0.3, 0.4) is 0 Å². The summed E-state index contributed by atoms with van der Waals surface area (Å²) in [6.07, 6.45) is 1.86. The molecule has 0 aliphatic heterocycles. The molecule has 3 aromatic rings. The van der Waals surface area contributed by atoms with E-state index in [-0.39, 0.29) is 18.2 Å². The minimum Gasteiger partial charge on any atom is -0.481 e. The van der Waals surface area contributed by atoms with Gasteiger partial charge in [-0.15, -0.1) is 0 Å². The number of aromatic nitrogens is 1. The number of para-hydroxylation sites is 1. The second kappa shape index (κ2) is 5.64. The van der Waals surface area contributed by atoms with E-state index >= 15 is 0 Å². The van der Waals surface area contributed by atoms with Gasteiger partial charge in [-0.25, -0.2) is 4.39 Å². The van der Waals surface area contributed by atoms with Crippen molar-refractivity contribution >= 4 is 16.9 Å². The van der Waals surface area contributed by atoms with E-state index in [2.05, 4.69) is 0 Å². The number of fused-ring (bicyclic) bond motifs is 1. The molecule has 0 saturated carbocycles. The average molecular weight is 297 g/mol. The van der Waals surface area contributed by atoms with Gasteiger partial charge in [-0.3, -0.25) is 4.79 Å². The number of rotatable bonds is 4. The van der Waals surface area contributed by atoms with Crippen molar-refractivity contribution in [3.8, 4) is 0 Å². The average Bonchev–Trinajstić information content (AvgIpc) is 2.82. The summed E-state index contributed by atoms with van der Waals surface area (Å²) >= 11 is 0. The van der Waals surface area contributed by atoms with Gasteiger partial charge in [-0.05, 0) is 29.3 Å². The van der Waals surface area contributed by atoms with Gasteiger partial charge in [-0.1, -0.05) is 30.3 Å². The molecule has 22 heavy (non-hydrogen) atoms. The van der Waals surface area contributed by atoms with Crippen molar-refractivity contribution in [3.05, 3.63) is 71.7 Å². The maximum Gasteiger partial charge on any atom is 0.304 e. The number of nitrogens with zero attached hydrogens (tertiary/aromatic N) is 1. The topological polar surface area (TPSA) is 42.2 Å². The Kier molecular flexibility index (Phi) is 3.67. The van der Waals surface area contributed by atoms with Crippen LogP contribution in [0.25, 0.3) is 10.9 Å². The number of hydrogen-bond acceptors (Lipinski definition) is 1. The molecule has 1 atom stereocenters. The fraction of sp³-hybridized carbons (Fsp3) is 0.167. The van der Waals surface area contributed by atoms with Crippen LogP contribution < -0.4 is 0 Å². The predicted molar refractivity (Wildman–Crippen MR) is 83.4 cm³/mol. The summed E-state index contributed by atoms with van der Waals surface area (Å²) in [5.41, 5.74) is 2.62. The van der Waals surface area contributed by atoms with Crippen molar-refractivity contribution < 1.29 is 14.3 Å². The molecule has 1 N–H and O–H groups in total. The summed E-state index contributed by atoms with van der Waals surface area (Å²) in [7, 11) is 1.93. The Balaban J connectivity index is 2.18. The van der Waals surface area contributed by atoms with Crippen molar-refractivity contribution in [1.82, 2.24) is 4.57 Å². The van der Waals surface area contributed by atoms with Gasteiger partial charge in [0.15, 0.2) is 0 Å². The van der Waals surface area contributed by atoms with Gasteiger partial charge in [0.25, 0.3) is 0 Å². The Morgan fingerprint density at radius 3 is 2.73 bits per heavy atom. The van der Waals surface area contributed by atoms with Crippen LogP contribution in [0.2, 0.25) is 0 Å². The number of halogens is 1. The van der Waals surface area contributed by atoms with Crippen molar-refractivity contribution in [2.75, 3.05) is 0 Å². The number of hydrogen-bond donors (Lipinski definition) is 1. The van der Waals surface area contributed by atoms with Crippen LogP contribution in [-0.4, -0.2) is 15.6 Å². The lowest BCUT2D eigenvalue weighted by Crippen LogP contribution is -2.08. The molecule has 2 aromatic carbocycles. The maximum absolute atomic E-state index is 13.5. The third-order valence-electron chi connectivity index (χ3n) is 3.93. The Hall–Kier alpha value is -2.62. The largest absolute Gasteiger partial charge is 0.481 e. The van der Waals surface area contributed by atoms with Crippen LogP contribution in [0, 0.1) is 5.82 Å². The zero-order valence-electron chi connectivity index (χ0n) is 12.2. The molecule has 3 rings (SSSR count). The summed E-state index contributed by atoms with van der Waals surface area (Å²) < 4.78 is 15.5. The highest BCUT2D eigenvalue weighted by molar-refractivity contribution is 5.85. The van der Waals surface area contributed by atoms with Crippen LogP contribution in [0.15, 0.2) is 54.7 Å². The van der Waals surface area contributed by atoms with Crippen molar-refractivity contribution in [1.29, 1.82) is 0 Å². The first-order chi connectivity index (χ1) is 10.6. The number of carboxylic acids is 1. The zero-order chi connectivity index (χ0) is 15.7. The van der Waals surface area contributed by atoms with Crippen LogP contribution in [-0.2, 0) is 11.8 Å². The van der Waals surface area contributed by atoms with E-state index in [1.807, 2.05) is 42.1 Å². The number of carbonyl (C=O) groups is 1. The summed E-state index contributed by atoms with van der Waals surface area (Å²) in [4.78, 5) is 11.3. The molecule has 112 valence electrons. The molecule has 0 radical (unpaired) electrons. The molecule has 0 spiro atoms. The quantitative estimate of drug-likeness (QED) is 0.793. The lowest BCUT2D eigenvalue weighted by Gasteiger charge is -2.15. The molecule has 4 heteroatoms. The maximum atomic E-state index is 13.5. The molecule has 0 aliphatic rings. The Morgan fingerprint density at radius 1 is 1.23 bits per heavy atom. The highest BCUT2D eigenvalue weighted by Gasteiger charge is 2.22. The van der Waals surface area contributed by atoms with Gasteiger partial charge in [0.05, 0.1) is 6.42 Å². The van der Waals surface area contributed by atoms with Gasteiger partial charge in [0, 0.05) is 30.1 Å². The van der Waals surface area contributed by atoms with E-state index in [9.17, 15) is 14.3 Å². The molecule has 0 unspecified atom stereocenters.